The average Bonchev–Trinajstić information content (AvgIpc) is 3.77. The topological polar surface area (TPSA) is 75.7 Å². The van der Waals surface area contributed by atoms with Gasteiger partial charge in [-0.05, 0) is 99.1 Å². The first-order valence-corrected chi connectivity index (χ1v) is 14.1. The van der Waals surface area contributed by atoms with Gasteiger partial charge in [0.15, 0.2) is 0 Å². The molecule has 3 atom stereocenters. The van der Waals surface area contributed by atoms with Crippen molar-refractivity contribution in [3.8, 4) is 0 Å². The normalized spacial score (nSPS) is 27.8. The lowest BCUT2D eigenvalue weighted by Gasteiger charge is -2.49. The van der Waals surface area contributed by atoms with Gasteiger partial charge in [0.2, 0.25) is 11.8 Å². The van der Waals surface area contributed by atoms with Crippen molar-refractivity contribution in [2.45, 2.75) is 95.1 Å². The molecule has 200 valence electrons. The maximum Gasteiger partial charge on any atom is 0.421 e. The van der Waals surface area contributed by atoms with Crippen molar-refractivity contribution in [2.24, 2.45) is 5.41 Å². The van der Waals surface area contributed by atoms with Gasteiger partial charge >= 0.3 is 6.09 Å². The second-order valence-corrected chi connectivity index (χ2v) is 13.0. The van der Waals surface area contributed by atoms with E-state index in [1.165, 1.54) is 4.90 Å². The van der Waals surface area contributed by atoms with Gasteiger partial charge in [0.25, 0.3) is 0 Å². The first-order chi connectivity index (χ1) is 18.0. The molecule has 0 bridgehead atoms. The maximum atomic E-state index is 15.0. The second kappa shape index (κ2) is 8.57. The van der Waals surface area contributed by atoms with Crippen LogP contribution in [0.4, 0.5) is 10.5 Å². The molecule has 1 N–H and O–H groups in total. The van der Waals surface area contributed by atoms with E-state index in [0.29, 0.717) is 16.6 Å². The summed E-state index contributed by atoms with van der Waals surface area (Å²) >= 11 is 6.44. The number of rotatable bonds is 4. The molecule has 4 aliphatic rings. The third-order valence-electron chi connectivity index (χ3n) is 9.05. The number of fused-ring (bicyclic) bond motifs is 2. The number of carbonyl (C=O) groups is 3. The van der Waals surface area contributed by atoms with E-state index in [1.54, 1.807) is 26.8 Å². The largest absolute Gasteiger partial charge is 0.443 e. The van der Waals surface area contributed by atoms with Gasteiger partial charge in [-0.1, -0.05) is 42.8 Å². The fourth-order valence-electron chi connectivity index (χ4n) is 6.90. The smallest absolute Gasteiger partial charge is 0.421 e. The summed E-state index contributed by atoms with van der Waals surface area (Å²) in [7, 11) is 0. The highest BCUT2D eigenvalue weighted by Crippen LogP contribution is 2.64. The molecular weight excluding hydrogens is 500 g/mol. The zero-order chi connectivity index (χ0) is 27.0. The highest BCUT2D eigenvalue weighted by atomic mass is 35.5. The molecule has 2 heterocycles. The summed E-state index contributed by atoms with van der Waals surface area (Å²) in [6, 6.07) is 13.2. The van der Waals surface area contributed by atoms with Gasteiger partial charge in [-0.25, -0.2) is 9.69 Å². The number of benzene rings is 2. The minimum atomic E-state index is -1.15. The second-order valence-electron chi connectivity index (χ2n) is 12.6. The van der Waals surface area contributed by atoms with Gasteiger partial charge in [-0.3, -0.25) is 9.59 Å². The molecule has 1 saturated heterocycles. The molecule has 2 aliphatic carbocycles. The predicted octanol–water partition coefficient (Wildman–Crippen LogP) is 6.60. The lowest BCUT2D eigenvalue weighted by atomic mass is 9.57. The van der Waals surface area contributed by atoms with Crippen molar-refractivity contribution in [3.05, 3.63) is 64.2 Å². The van der Waals surface area contributed by atoms with Crippen molar-refractivity contribution in [3.63, 3.8) is 0 Å². The van der Waals surface area contributed by atoms with Crippen LogP contribution in [0.5, 0.6) is 0 Å². The van der Waals surface area contributed by atoms with Crippen molar-refractivity contribution in [2.75, 3.05) is 4.90 Å². The summed E-state index contributed by atoms with van der Waals surface area (Å²) in [5, 5.41) is 3.83. The molecule has 1 spiro atoms. The number of amides is 3. The van der Waals surface area contributed by atoms with Crippen LogP contribution in [-0.4, -0.2) is 29.6 Å². The van der Waals surface area contributed by atoms with E-state index in [1.807, 2.05) is 30.3 Å². The Hall–Kier alpha value is -2.86. The van der Waals surface area contributed by atoms with Gasteiger partial charge in [-0.15, -0.1) is 0 Å². The Labute approximate surface area is 229 Å². The maximum absolute atomic E-state index is 15.0. The number of imide groups is 1. The lowest BCUT2D eigenvalue weighted by Crippen LogP contribution is -2.66. The Morgan fingerprint density at radius 2 is 1.84 bits per heavy atom. The minimum absolute atomic E-state index is 0.0787. The fourth-order valence-corrected chi connectivity index (χ4v) is 7.10. The van der Waals surface area contributed by atoms with E-state index in [9.17, 15) is 14.4 Å². The molecular formula is C31H35ClN2O4. The number of nitrogens with one attached hydrogen (secondary N) is 1. The monoisotopic (exact) mass is 534 g/mol. The molecule has 7 heteroatoms. The number of hydrogen-bond donors (Lipinski definition) is 1. The van der Waals surface area contributed by atoms with Crippen LogP contribution in [0.3, 0.4) is 0 Å². The number of nitrogens with zero attached hydrogens (tertiary/aromatic N) is 1. The van der Waals surface area contributed by atoms with E-state index in [-0.39, 0.29) is 23.7 Å². The van der Waals surface area contributed by atoms with Crippen LogP contribution in [0.15, 0.2) is 42.5 Å². The highest BCUT2D eigenvalue weighted by Gasteiger charge is 2.70. The number of halogens is 1. The summed E-state index contributed by atoms with van der Waals surface area (Å²) in [6.45, 7) is 7.53. The lowest BCUT2D eigenvalue weighted by molar-refractivity contribution is -0.134. The van der Waals surface area contributed by atoms with Crippen LogP contribution >= 0.6 is 11.6 Å². The van der Waals surface area contributed by atoms with E-state index < -0.39 is 29.1 Å². The van der Waals surface area contributed by atoms with Crippen molar-refractivity contribution in [1.82, 2.24) is 5.32 Å². The van der Waals surface area contributed by atoms with Gasteiger partial charge in [0.1, 0.15) is 11.0 Å². The number of carbonyl (C=O) groups excluding carboxylic acids is 3. The minimum Gasteiger partial charge on any atom is -0.443 e. The molecule has 2 saturated carbocycles. The van der Waals surface area contributed by atoms with E-state index in [0.717, 1.165) is 48.8 Å². The van der Waals surface area contributed by atoms with Crippen LogP contribution in [-0.2, 0) is 19.7 Å². The van der Waals surface area contributed by atoms with Crippen LogP contribution in [0.1, 0.15) is 94.7 Å². The van der Waals surface area contributed by atoms with Crippen LogP contribution in [0.2, 0.25) is 5.02 Å². The SMILES string of the molecule is CCC1(C2NC(=O)CC(c3cccc(Cl)c3)C23C(=O)N(C(=O)OC(C)(C)C)c2cc(C4CC4)ccc23)CC1. The van der Waals surface area contributed by atoms with Crippen LogP contribution in [0, 0.1) is 5.41 Å². The Bertz CT molecular complexity index is 1340. The third kappa shape index (κ3) is 3.86. The number of piperidine rings is 1. The van der Waals surface area contributed by atoms with Gasteiger partial charge in [-0.2, -0.15) is 0 Å². The zero-order valence-corrected chi connectivity index (χ0v) is 23.2. The van der Waals surface area contributed by atoms with E-state index in [4.69, 9.17) is 16.3 Å². The summed E-state index contributed by atoms with van der Waals surface area (Å²) in [5.74, 6) is -0.424. The zero-order valence-electron chi connectivity index (χ0n) is 22.5. The fraction of sp³-hybridized carbons (Fsp3) is 0.516. The molecule has 2 aromatic rings. The molecule has 38 heavy (non-hydrogen) atoms. The number of anilines is 1. The molecule has 3 unspecified atom stereocenters. The molecule has 3 amide bonds. The quantitative estimate of drug-likeness (QED) is 0.479. The van der Waals surface area contributed by atoms with Crippen molar-refractivity contribution >= 4 is 35.2 Å². The van der Waals surface area contributed by atoms with Crippen LogP contribution < -0.4 is 10.2 Å². The van der Waals surface area contributed by atoms with E-state index in [2.05, 4.69) is 18.3 Å². The molecule has 0 aromatic heterocycles. The first kappa shape index (κ1) is 25.4. The average molecular weight is 535 g/mol. The molecule has 0 radical (unpaired) electrons. The van der Waals surface area contributed by atoms with E-state index >= 15 is 0 Å². The Kier molecular flexibility index (Phi) is 5.73. The van der Waals surface area contributed by atoms with Crippen LogP contribution in [0.25, 0.3) is 0 Å². The summed E-state index contributed by atoms with van der Waals surface area (Å²) < 4.78 is 5.80. The Morgan fingerprint density at radius 3 is 2.45 bits per heavy atom. The number of hydrogen-bond acceptors (Lipinski definition) is 4. The summed E-state index contributed by atoms with van der Waals surface area (Å²) in [4.78, 5) is 43.3. The molecule has 2 aliphatic heterocycles. The standard InChI is InChI=1S/C31H35ClN2O4/c1-5-30(13-14-30)26-31(23(17-25(35)33-26)20-7-6-8-21(32)15-20)22-12-11-19(18-9-10-18)16-24(22)34(27(31)36)28(37)38-29(2,3)4/h6-8,11-12,15-16,18,23,26H,5,9-10,13-14,17H2,1-4H3,(H,33,35). The molecule has 6 rings (SSSR count). The summed E-state index contributed by atoms with van der Waals surface area (Å²) in [6.07, 6.45) is 4.35. The Balaban J connectivity index is 1.61. The van der Waals surface area contributed by atoms with Gasteiger partial charge in [0.05, 0.1) is 11.7 Å². The summed E-state index contributed by atoms with van der Waals surface area (Å²) in [5.41, 5.74) is 1.23. The Morgan fingerprint density at radius 1 is 1.11 bits per heavy atom. The van der Waals surface area contributed by atoms with Crippen molar-refractivity contribution < 1.29 is 19.1 Å². The molecule has 6 nitrogen and oxygen atoms in total. The van der Waals surface area contributed by atoms with Gasteiger partial charge in [0, 0.05) is 17.4 Å². The molecule has 3 fully saturated rings. The predicted molar refractivity (Wildman–Crippen MR) is 147 cm³/mol. The van der Waals surface area contributed by atoms with Gasteiger partial charge < -0.3 is 10.1 Å². The molecule has 2 aromatic carbocycles. The first-order valence-electron chi connectivity index (χ1n) is 13.8. The van der Waals surface area contributed by atoms with Crippen molar-refractivity contribution in [1.29, 1.82) is 0 Å². The highest BCUT2D eigenvalue weighted by molar-refractivity contribution is 6.30. The third-order valence-corrected chi connectivity index (χ3v) is 9.28. The number of ether oxygens (including phenoxy) is 1.